The minimum Gasteiger partial charge on any atom is -0.105 e. The Kier molecular flexibility index (Phi) is 3.93. The average molecular weight is 181 g/mol. The van der Waals surface area contributed by atoms with Crippen LogP contribution in [0.4, 0.5) is 0 Å². The van der Waals surface area contributed by atoms with Crippen LogP contribution in [0.5, 0.6) is 0 Å². The lowest BCUT2D eigenvalue weighted by molar-refractivity contribution is 0.772. The molecule has 12 heavy (non-hydrogen) atoms. The van der Waals surface area contributed by atoms with Crippen LogP contribution >= 0.6 is 11.6 Å². The minimum absolute atomic E-state index is 0.520. The van der Waals surface area contributed by atoms with Gasteiger partial charge in [-0.25, -0.2) is 0 Å². The van der Waals surface area contributed by atoms with E-state index in [0.29, 0.717) is 11.0 Å². The van der Waals surface area contributed by atoms with Crippen LogP contribution in [0.3, 0.4) is 0 Å². The average Bonchev–Trinajstić information content (AvgIpc) is 2.17. The Morgan fingerprint density at radius 1 is 1.58 bits per heavy atom. The van der Waals surface area contributed by atoms with Crippen molar-refractivity contribution in [2.75, 3.05) is 0 Å². The summed E-state index contributed by atoms with van der Waals surface area (Å²) >= 11 is 5.85. The first-order valence-electron chi connectivity index (χ1n) is 4.28. The van der Waals surface area contributed by atoms with E-state index in [1.807, 2.05) is 12.2 Å². The molecule has 0 saturated carbocycles. The molecule has 0 fully saturated rings. The third kappa shape index (κ3) is 3.13. The first-order chi connectivity index (χ1) is 5.83. The fourth-order valence-corrected chi connectivity index (χ4v) is 1.22. The van der Waals surface area contributed by atoms with Crippen molar-refractivity contribution in [1.82, 2.24) is 0 Å². The monoisotopic (exact) mass is 180 g/mol. The molecular formula is C11H13Cl. The van der Waals surface area contributed by atoms with Crippen LogP contribution in [-0.4, -0.2) is 0 Å². The minimum atomic E-state index is 0.520. The molecule has 0 nitrogen and oxygen atoms in total. The normalized spacial score (nSPS) is 22.8. The fourth-order valence-electron chi connectivity index (χ4n) is 1.07. The quantitative estimate of drug-likeness (QED) is 0.425. The molecule has 64 valence electrons. The molecule has 1 aliphatic rings. The van der Waals surface area contributed by atoms with E-state index in [1.54, 1.807) is 0 Å². The summed E-state index contributed by atoms with van der Waals surface area (Å²) in [6.45, 7) is 2.17. The van der Waals surface area contributed by atoms with Gasteiger partial charge >= 0.3 is 0 Å². The highest BCUT2D eigenvalue weighted by molar-refractivity contribution is 6.31. The predicted molar refractivity (Wildman–Crippen MR) is 54.1 cm³/mol. The van der Waals surface area contributed by atoms with Gasteiger partial charge in [0, 0.05) is 0 Å². The van der Waals surface area contributed by atoms with Crippen LogP contribution in [0.15, 0.2) is 41.1 Å². The van der Waals surface area contributed by atoms with Crippen molar-refractivity contribution >= 4 is 11.6 Å². The Bertz CT molecular complexity index is 252. The molecule has 0 bridgehead atoms. The first kappa shape index (κ1) is 9.38. The molecule has 1 atom stereocenters. The zero-order chi connectivity index (χ0) is 8.81. The van der Waals surface area contributed by atoms with Gasteiger partial charge in [-0.3, -0.25) is 0 Å². The Morgan fingerprint density at radius 3 is 3.17 bits per heavy atom. The van der Waals surface area contributed by atoms with Crippen LogP contribution in [-0.2, 0) is 0 Å². The van der Waals surface area contributed by atoms with Gasteiger partial charge in [0.2, 0.25) is 0 Å². The predicted octanol–water partition coefficient (Wildman–Crippen LogP) is 3.81. The van der Waals surface area contributed by atoms with Crippen LogP contribution in [0, 0.1) is 5.92 Å². The van der Waals surface area contributed by atoms with Gasteiger partial charge < -0.3 is 0 Å². The smallest absolute Gasteiger partial charge is 0.0818 e. The van der Waals surface area contributed by atoms with Gasteiger partial charge in [0.15, 0.2) is 0 Å². The van der Waals surface area contributed by atoms with Gasteiger partial charge in [0.05, 0.1) is 5.03 Å². The third-order valence-corrected chi connectivity index (χ3v) is 2.07. The molecule has 0 amide bonds. The van der Waals surface area contributed by atoms with E-state index in [0.717, 1.165) is 12.8 Å². The molecule has 1 unspecified atom stereocenters. The summed E-state index contributed by atoms with van der Waals surface area (Å²) in [5, 5.41) is 0.692. The molecule has 0 aromatic rings. The second-order valence-corrected chi connectivity index (χ2v) is 3.20. The maximum atomic E-state index is 5.85. The fraction of sp³-hybridized carbons (Fsp3) is 0.364. The van der Waals surface area contributed by atoms with Crippen molar-refractivity contribution in [3.63, 3.8) is 0 Å². The Labute approximate surface area is 78.9 Å². The van der Waals surface area contributed by atoms with E-state index < -0.39 is 0 Å². The molecule has 0 radical (unpaired) electrons. The summed E-state index contributed by atoms with van der Waals surface area (Å²) in [6.07, 6.45) is 12.4. The Balaban J connectivity index is 2.78. The van der Waals surface area contributed by atoms with Gasteiger partial charge in [-0.15, -0.1) is 5.73 Å². The first-order valence-corrected chi connectivity index (χ1v) is 4.66. The summed E-state index contributed by atoms with van der Waals surface area (Å²) in [7, 11) is 0. The van der Waals surface area contributed by atoms with E-state index in [4.69, 9.17) is 11.6 Å². The Morgan fingerprint density at radius 2 is 2.42 bits per heavy atom. The molecule has 0 saturated heterocycles. The molecule has 1 rings (SSSR count). The molecule has 0 aromatic carbocycles. The summed E-state index contributed by atoms with van der Waals surface area (Å²) in [6, 6.07) is 0. The molecule has 1 aliphatic carbocycles. The molecule has 0 spiro atoms. The Hall–Kier alpha value is -0.710. The van der Waals surface area contributed by atoms with E-state index >= 15 is 0 Å². The van der Waals surface area contributed by atoms with E-state index in [-0.39, 0.29) is 0 Å². The van der Waals surface area contributed by atoms with Crippen LogP contribution in [0.2, 0.25) is 0 Å². The van der Waals surface area contributed by atoms with Gasteiger partial charge in [-0.1, -0.05) is 36.8 Å². The molecule has 1 heteroatoms. The number of halogens is 1. The number of rotatable bonds is 1. The second-order valence-electron chi connectivity index (χ2n) is 2.79. The van der Waals surface area contributed by atoms with Crippen molar-refractivity contribution in [1.29, 1.82) is 0 Å². The van der Waals surface area contributed by atoms with Crippen LogP contribution < -0.4 is 0 Å². The highest BCUT2D eigenvalue weighted by Crippen LogP contribution is 2.12. The number of hydrogen-bond acceptors (Lipinski definition) is 0. The van der Waals surface area contributed by atoms with Crippen LogP contribution in [0.1, 0.15) is 19.8 Å². The van der Waals surface area contributed by atoms with Gasteiger partial charge in [-0.2, -0.15) is 0 Å². The lowest BCUT2D eigenvalue weighted by atomic mass is 10.1. The molecule has 0 aliphatic heterocycles. The summed E-state index contributed by atoms with van der Waals surface area (Å²) in [4.78, 5) is 0. The largest absolute Gasteiger partial charge is 0.105 e. The summed E-state index contributed by atoms with van der Waals surface area (Å²) in [5.41, 5.74) is 2.99. The van der Waals surface area contributed by atoms with Crippen molar-refractivity contribution in [3.05, 3.63) is 41.1 Å². The SMILES string of the molecule is CCC1C=CCC=C=C(Cl)C=C1. The molecule has 0 N–H and O–H groups in total. The second kappa shape index (κ2) is 5.03. The zero-order valence-corrected chi connectivity index (χ0v) is 8.01. The number of hydrogen-bond donors (Lipinski definition) is 0. The molecule has 0 heterocycles. The lowest BCUT2D eigenvalue weighted by Gasteiger charge is -2.00. The van der Waals surface area contributed by atoms with Crippen molar-refractivity contribution < 1.29 is 0 Å². The third-order valence-electron chi connectivity index (χ3n) is 1.84. The summed E-state index contributed by atoms with van der Waals surface area (Å²) < 4.78 is 0. The van der Waals surface area contributed by atoms with E-state index in [1.165, 1.54) is 0 Å². The highest BCUT2D eigenvalue weighted by atomic mass is 35.5. The zero-order valence-electron chi connectivity index (χ0n) is 7.26. The van der Waals surface area contributed by atoms with Crippen molar-refractivity contribution in [2.24, 2.45) is 5.92 Å². The highest BCUT2D eigenvalue weighted by Gasteiger charge is 1.95. The molecule has 0 aromatic heterocycles. The van der Waals surface area contributed by atoms with Crippen molar-refractivity contribution in [3.8, 4) is 0 Å². The van der Waals surface area contributed by atoms with Crippen LogP contribution in [0.25, 0.3) is 0 Å². The molecular weight excluding hydrogens is 168 g/mol. The standard InChI is InChI=1S/C11H13Cl/c1-2-10-6-4-3-5-7-11(12)9-8-10/h4-6,8-10H,2-3H2,1H3. The number of allylic oxidation sites excluding steroid dienone is 5. The van der Waals surface area contributed by atoms with E-state index in [2.05, 4.69) is 30.9 Å². The topological polar surface area (TPSA) is 0 Å². The van der Waals surface area contributed by atoms with Gasteiger partial charge in [0.25, 0.3) is 0 Å². The maximum Gasteiger partial charge on any atom is 0.0818 e. The van der Waals surface area contributed by atoms with E-state index in [9.17, 15) is 0 Å². The van der Waals surface area contributed by atoms with Crippen molar-refractivity contribution in [2.45, 2.75) is 19.8 Å². The van der Waals surface area contributed by atoms with Gasteiger partial charge in [-0.05, 0) is 30.9 Å². The van der Waals surface area contributed by atoms with Gasteiger partial charge in [0.1, 0.15) is 0 Å². The maximum absolute atomic E-state index is 5.85. The summed E-state index contributed by atoms with van der Waals surface area (Å²) in [5.74, 6) is 0.520. The lowest BCUT2D eigenvalue weighted by Crippen LogP contribution is -1.87.